The Morgan fingerprint density at radius 3 is 2.45 bits per heavy atom. The van der Waals surface area contributed by atoms with Crippen molar-refractivity contribution in [1.82, 2.24) is 0 Å². The van der Waals surface area contributed by atoms with E-state index in [0.717, 1.165) is 17.1 Å². The van der Waals surface area contributed by atoms with Gasteiger partial charge >= 0.3 is 0 Å². The van der Waals surface area contributed by atoms with Crippen molar-refractivity contribution in [3.05, 3.63) is 70.7 Å². The molecule has 1 nitrogen and oxygen atoms in total. The Kier molecular flexibility index (Phi) is 3.31. The first-order valence-electron chi connectivity index (χ1n) is 6.77. The summed E-state index contributed by atoms with van der Waals surface area (Å²) >= 11 is 6.77. The Labute approximate surface area is 124 Å². The molecule has 3 rings (SSSR count). The van der Waals surface area contributed by atoms with Gasteiger partial charge in [-0.3, -0.25) is 0 Å². The van der Waals surface area contributed by atoms with Crippen LogP contribution in [0.4, 0.5) is 0 Å². The van der Waals surface area contributed by atoms with Crippen LogP contribution in [0.2, 0.25) is 0 Å². The minimum absolute atomic E-state index is 0.182. The number of furan rings is 1. The minimum atomic E-state index is -0.182. The molecule has 0 aliphatic rings. The van der Waals surface area contributed by atoms with Crippen molar-refractivity contribution in [1.29, 1.82) is 0 Å². The highest BCUT2D eigenvalue weighted by Gasteiger charge is 2.20. The van der Waals surface area contributed by atoms with E-state index in [1.807, 2.05) is 19.9 Å². The van der Waals surface area contributed by atoms with Crippen molar-refractivity contribution >= 4 is 22.4 Å². The van der Waals surface area contributed by atoms with Gasteiger partial charge < -0.3 is 4.42 Å². The number of hydrogen-bond acceptors (Lipinski definition) is 1. The van der Waals surface area contributed by atoms with E-state index < -0.39 is 0 Å². The van der Waals surface area contributed by atoms with Gasteiger partial charge in [0.05, 0.1) is 5.38 Å². The maximum absolute atomic E-state index is 6.77. The molecule has 1 aromatic heterocycles. The van der Waals surface area contributed by atoms with E-state index in [9.17, 15) is 0 Å². The molecular formula is C18H17ClO. The lowest BCUT2D eigenvalue weighted by molar-refractivity contribution is 0.501. The number of fused-ring (bicyclic) bond motifs is 1. The molecule has 0 spiro atoms. The Balaban J connectivity index is 2.23. The van der Waals surface area contributed by atoms with Crippen LogP contribution in [-0.4, -0.2) is 0 Å². The molecule has 0 bridgehead atoms. The van der Waals surface area contributed by atoms with Gasteiger partial charge in [-0.2, -0.15) is 0 Å². The molecule has 0 amide bonds. The summed E-state index contributed by atoms with van der Waals surface area (Å²) in [6.07, 6.45) is 0. The van der Waals surface area contributed by atoms with Gasteiger partial charge in [0.15, 0.2) is 0 Å². The molecule has 102 valence electrons. The standard InChI is InChI=1S/C18H17ClO/c1-11-8-9-14-6-4-5-7-15(14)17(11)18(19)16-10-12(2)20-13(16)3/h4-10,18H,1-3H3. The van der Waals surface area contributed by atoms with Gasteiger partial charge in [-0.05, 0) is 48.7 Å². The van der Waals surface area contributed by atoms with Crippen LogP contribution in [0.1, 0.15) is 33.6 Å². The van der Waals surface area contributed by atoms with Crippen LogP contribution < -0.4 is 0 Å². The van der Waals surface area contributed by atoms with Gasteiger partial charge in [0.1, 0.15) is 11.5 Å². The molecule has 0 N–H and O–H groups in total. The van der Waals surface area contributed by atoms with Crippen molar-refractivity contribution in [3.8, 4) is 0 Å². The third-order valence-corrected chi connectivity index (χ3v) is 4.25. The van der Waals surface area contributed by atoms with Gasteiger partial charge in [-0.25, -0.2) is 0 Å². The maximum Gasteiger partial charge on any atom is 0.106 e. The van der Waals surface area contributed by atoms with Gasteiger partial charge in [0.25, 0.3) is 0 Å². The average Bonchev–Trinajstić information content (AvgIpc) is 2.77. The zero-order chi connectivity index (χ0) is 14.3. The van der Waals surface area contributed by atoms with E-state index in [4.69, 9.17) is 16.0 Å². The van der Waals surface area contributed by atoms with E-state index in [0.29, 0.717) is 0 Å². The van der Waals surface area contributed by atoms with Crippen molar-refractivity contribution in [2.24, 2.45) is 0 Å². The predicted molar refractivity (Wildman–Crippen MR) is 84.6 cm³/mol. The maximum atomic E-state index is 6.77. The zero-order valence-electron chi connectivity index (χ0n) is 11.9. The summed E-state index contributed by atoms with van der Waals surface area (Å²) in [6, 6.07) is 14.7. The summed E-state index contributed by atoms with van der Waals surface area (Å²) in [7, 11) is 0. The van der Waals surface area contributed by atoms with Crippen molar-refractivity contribution in [2.75, 3.05) is 0 Å². The Bertz CT molecular complexity index is 770. The van der Waals surface area contributed by atoms with Gasteiger partial charge in [-0.1, -0.05) is 36.4 Å². The fourth-order valence-electron chi connectivity index (χ4n) is 2.80. The van der Waals surface area contributed by atoms with E-state index in [-0.39, 0.29) is 5.38 Å². The average molecular weight is 285 g/mol. The topological polar surface area (TPSA) is 13.1 Å². The highest BCUT2D eigenvalue weighted by Crippen LogP contribution is 2.38. The second kappa shape index (κ2) is 4.99. The first kappa shape index (κ1) is 13.3. The number of halogens is 1. The van der Waals surface area contributed by atoms with Gasteiger partial charge in [-0.15, -0.1) is 11.6 Å². The van der Waals surface area contributed by atoms with Crippen LogP contribution >= 0.6 is 11.6 Å². The Morgan fingerprint density at radius 2 is 1.75 bits per heavy atom. The van der Waals surface area contributed by atoms with E-state index in [1.165, 1.54) is 21.9 Å². The van der Waals surface area contributed by atoms with E-state index in [1.54, 1.807) is 0 Å². The smallest absolute Gasteiger partial charge is 0.106 e. The van der Waals surface area contributed by atoms with Crippen LogP contribution in [0.3, 0.4) is 0 Å². The fourth-order valence-corrected chi connectivity index (χ4v) is 3.30. The third-order valence-electron chi connectivity index (χ3n) is 3.79. The molecule has 0 aliphatic heterocycles. The van der Waals surface area contributed by atoms with Crippen LogP contribution in [0, 0.1) is 20.8 Å². The van der Waals surface area contributed by atoms with Gasteiger partial charge in [0.2, 0.25) is 0 Å². The van der Waals surface area contributed by atoms with Crippen LogP contribution in [0.5, 0.6) is 0 Å². The second-order valence-electron chi connectivity index (χ2n) is 5.25. The molecule has 0 fully saturated rings. The first-order chi connectivity index (χ1) is 9.58. The molecular weight excluding hydrogens is 268 g/mol. The molecule has 1 atom stereocenters. The number of alkyl halides is 1. The monoisotopic (exact) mass is 284 g/mol. The summed E-state index contributed by atoms with van der Waals surface area (Å²) in [6.45, 7) is 6.04. The summed E-state index contributed by atoms with van der Waals surface area (Å²) in [5.41, 5.74) is 3.44. The lowest BCUT2D eigenvalue weighted by atomic mass is 9.94. The SMILES string of the molecule is Cc1cc(C(Cl)c2c(C)ccc3ccccc23)c(C)o1. The molecule has 0 aliphatic carbocycles. The Hall–Kier alpha value is -1.73. The zero-order valence-corrected chi connectivity index (χ0v) is 12.7. The van der Waals surface area contributed by atoms with Gasteiger partial charge in [0, 0.05) is 5.56 Å². The predicted octanol–water partition coefficient (Wildman–Crippen LogP) is 5.69. The molecule has 2 heteroatoms. The normalized spacial score (nSPS) is 12.8. The lowest BCUT2D eigenvalue weighted by Gasteiger charge is -2.15. The number of rotatable bonds is 2. The summed E-state index contributed by atoms with van der Waals surface area (Å²) in [4.78, 5) is 0. The Morgan fingerprint density at radius 1 is 1.00 bits per heavy atom. The van der Waals surface area contributed by atoms with Crippen molar-refractivity contribution in [3.63, 3.8) is 0 Å². The molecule has 0 radical (unpaired) electrons. The highest BCUT2D eigenvalue weighted by molar-refractivity contribution is 6.24. The van der Waals surface area contributed by atoms with E-state index in [2.05, 4.69) is 43.3 Å². The number of hydrogen-bond donors (Lipinski definition) is 0. The molecule has 0 saturated heterocycles. The second-order valence-corrected chi connectivity index (χ2v) is 5.68. The molecule has 1 unspecified atom stereocenters. The van der Waals surface area contributed by atoms with Crippen LogP contribution in [-0.2, 0) is 0 Å². The van der Waals surface area contributed by atoms with Crippen molar-refractivity contribution in [2.45, 2.75) is 26.1 Å². The number of aryl methyl sites for hydroxylation is 3. The molecule has 0 saturated carbocycles. The molecule has 2 aromatic carbocycles. The molecule has 20 heavy (non-hydrogen) atoms. The number of benzene rings is 2. The van der Waals surface area contributed by atoms with E-state index >= 15 is 0 Å². The fraction of sp³-hybridized carbons (Fsp3) is 0.222. The summed E-state index contributed by atoms with van der Waals surface area (Å²) in [5.74, 6) is 1.80. The third kappa shape index (κ3) is 2.12. The quantitative estimate of drug-likeness (QED) is 0.551. The summed E-state index contributed by atoms with van der Waals surface area (Å²) in [5, 5.41) is 2.25. The van der Waals surface area contributed by atoms with Crippen LogP contribution in [0.15, 0.2) is 46.9 Å². The van der Waals surface area contributed by atoms with Crippen LogP contribution in [0.25, 0.3) is 10.8 Å². The molecule has 3 aromatic rings. The largest absolute Gasteiger partial charge is 0.466 e. The van der Waals surface area contributed by atoms with Crippen molar-refractivity contribution < 1.29 is 4.42 Å². The lowest BCUT2D eigenvalue weighted by Crippen LogP contribution is -1.98. The first-order valence-corrected chi connectivity index (χ1v) is 7.21. The minimum Gasteiger partial charge on any atom is -0.466 e. The highest BCUT2D eigenvalue weighted by atomic mass is 35.5. The summed E-state index contributed by atoms with van der Waals surface area (Å²) < 4.78 is 5.62. The molecule has 1 heterocycles.